The second kappa shape index (κ2) is 5.88. The quantitative estimate of drug-likeness (QED) is 0.851. The Morgan fingerprint density at radius 1 is 1.10 bits per heavy atom. The van der Waals surface area contributed by atoms with Gasteiger partial charge >= 0.3 is 0 Å². The first-order valence-electron chi connectivity index (χ1n) is 7.20. The number of aryl methyl sites for hydroxylation is 1. The van der Waals surface area contributed by atoms with Crippen molar-refractivity contribution in [2.24, 2.45) is 0 Å². The second-order valence-electron chi connectivity index (χ2n) is 5.38. The van der Waals surface area contributed by atoms with Gasteiger partial charge in [-0.15, -0.1) is 0 Å². The molecule has 0 radical (unpaired) electrons. The Hall–Kier alpha value is -1.84. The Labute approximate surface area is 125 Å². The molecule has 0 bridgehead atoms. The Balaban J connectivity index is 1.87. The predicted molar refractivity (Wildman–Crippen MR) is 82.3 cm³/mol. The first kappa shape index (κ1) is 14.1. The van der Waals surface area contributed by atoms with Gasteiger partial charge in [0, 0.05) is 12.0 Å². The lowest BCUT2D eigenvalue weighted by atomic mass is 9.99. The van der Waals surface area contributed by atoms with Gasteiger partial charge in [-0.25, -0.2) is 0 Å². The summed E-state index contributed by atoms with van der Waals surface area (Å²) in [7, 11) is 1.70. The Morgan fingerprint density at radius 3 is 2.62 bits per heavy atom. The summed E-state index contributed by atoms with van der Waals surface area (Å²) in [6, 6.07) is 14.7. The van der Waals surface area contributed by atoms with Gasteiger partial charge in [0.2, 0.25) is 0 Å². The van der Waals surface area contributed by atoms with Gasteiger partial charge in [0.05, 0.1) is 7.11 Å². The lowest BCUT2D eigenvalue weighted by Crippen LogP contribution is -2.40. The maximum atomic E-state index is 5.51. The van der Waals surface area contributed by atoms with Gasteiger partial charge in [-0.2, -0.15) is 0 Å². The fraction of sp³-hybridized carbons (Fsp3) is 0.333. The molecule has 2 aromatic rings. The monoisotopic (exact) mass is 284 g/mol. The molecule has 1 aliphatic heterocycles. The Kier molecular flexibility index (Phi) is 3.95. The molecule has 3 nitrogen and oxygen atoms in total. The molecule has 110 valence electrons. The van der Waals surface area contributed by atoms with E-state index in [0.29, 0.717) is 0 Å². The van der Waals surface area contributed by atoms with Crippen molar-refractivity contribution in [1.29, 1.82) is 0 Å². The minimum atomic E-state index is -0.116. The van der Waals surface area contributed by atoms with Gasteiger partial charge in [-0.1, -0.05) is 35.9 Å². The van der Waals surface area contributed by atoms with Crippen LogP contribution in [-0.4, -0.2) is 19.7 Å². The molecule has 1 heterocycles. The molecular weight excluding hydrogens is 264 g/mol. The van der Waals surface area contributed by atoms with Crippen LogP contribution in [0.5, 0.6) is 5.75 Å². The maximum absolute atomic E-state index is 5.51. The van der Waals surface area contributed by atoms with Gasteiger partial charge < -0.3 is 14.2 Å². The van der Waals surface area contributed by atoms with Gasteiger partial charge in [0.15, 0.2) is 12.6 Å². The summed E-state index contributed by atoms with van der Waals surface area (Å²) in [4.78, 5) is 0. The van der Waals surface area contributed by atoms with E-state index in [1.54, 1.807) is 7.11 Å². The minimum Gasteiger partial charge on any atom is -0.496 e. The van der Waals surface area contributed by atoms with E-state index in [0.717, 1.165) is 23.3 Å². The lowest BCUT2D eigenvalue weighted by Gasteiger charge is -2.33. The van der Waals surface area contributed by atoms with Crippen LogP contribution in [0.3, 0.4) is 0 Å². The van der Waals surface area contributed by atoms with E-state index >= 15 is 0 Å². The van der Waals surface area contributed by atoms with Crippen molar-refractivity contribution in [2.75, 3.05) is 7.11 Å². The van der Waals surface area contributed by atoms with Crippen LogP contribution in [0, 0.1) is 6.92 Å². The molecule has 0 N–H and O–H groups in total. The first-order valence-corrected chi connectivity index (χ1v) is 7.20. The standard InChI is InChI=1S/C18H20O3/c1-12-7-8-17(19-3)16(9-12)15-6-4-5-14(10-15)11-18-20-13(2)21-18/h4-10,13,18H,11H2,1-3H3. The predicted octanol–water partition coefficient (Wildman–Crippen LogP) is 3.93. The van der Waals surface area contributed by atoms with Gasteiger partial charge in [0.1, 0.15) is 5.75 Å². The third-order valence-corrected chi connectivity index (χ3v) is 3.68. The average Bonchev–Trinajstić information content (AvgIpc) is 2.46. The Bertz CT molecular complexity index is 630. The Morgan fingerprint density at radius 2 is 1.90 bits per heavy atom. The minimum absolute atomic E-state index is 0.0740. The molecule has 1 fully saturated rings. The maximum Gasteiger partial charge on any atom is 0.167 e. The zero-order valence-electron chi connectivity index (χ0n) is 12.6. The van der Waals surface area contributed by atoms with E-state index < -0.39 is 0 Å². The van der Waals surface area contributed by atoms with Gasteiger partial charge in [-0.05, 0) is 37.1 Å². The third kappa shape index (κ3) is 3.09. The largest absolute Gasteiger partial charge is 0.496 e. The van der Waals surface area contributed by atoms with Crippen molar-refractivity contribution in [3.63, 3.8) is 0 Å². The molecule has 0 unspecified atom stereocenters. The fourth-order valence-corrected chi connectivity index (χ4v) is 2.64. The van der Waals surface area contributed by atoms with Crippen LogP contribution in [0.15, 0.2) is 42.5 Å². The van der Waals surface area contributed by atoms with Crippen LogP contribution < -0.4 is 4.74 Å². The van der Waals surface area contributed by atoms with E-state index in [1.165, 1.54) is 11.1 Å². The summed E-state index contributed by atoms with van der Waals surface area (Å²) in [5.41, 5.74) is 4.69. The molecular formula is C18H20O3. The van der Waals surface area contributed by atoms with Crippen LogP contribution in [0.1, 0.15) is 18.1 Å². The molecule has 0 atom stereocenters. The molecule has 1 aliphatic rings. The van der Waals surface area contributed by atoms with Crippen molar-refractivity contribution < 1.29 is 14.2 Å². The van der Waals surface area contributed by atoms with Crippen molar-refractivity contribution in [3.8, 4) is 16.9 Å². The van der Waals surface area contributed by atoms with Crippen molar-refractivity contribution >= 4 is 0 Å². The summed E-state index contributed by atoms with van der Waals surface area (Å²) in [6.07, 6.45) is 0.580. The fourth-order valence-electron chi connectivity index (χ4n) is 2.64. The number of ether oxygens (including phenoxy) is 3. The third-order valence-electron chi connectivity index (χ3n) is 3.68. The van der Waals surface area contributed by atoms with Crippen LogP contribution in [0.25, 0.3) is 11.1 Å². The highest BCUT2D eigenvalue weighted by Crippen LogP contribution is 2.32. The van der Waals surface area contributed by atoms with Crippen molar-refractivity contribution in [3.05, 3.63) is 53.6 Å². The summed E-state index contributed by atoms with van der Waals surface area (Å²) in [5, 5.41) is 0. The number of rotatable bonds is 4. The second-order valence-corrected chi connectivity index (χ2v) is 5.38. The van der Waals surface area contributed by atoms with E-state index in [4.69, 9.17) is 14.2 Å². The summed E-state index contributed by atoms with van der Waals surface area (Å²) >= 11 is 0. The molecule has 0 aliphatic carbocycles. The highest BCUT2D eigenvalue weighted by Gasteiger charge is 2.26. The van der Waals surface area contributed by atoms with Crippen LogP contribution in [-0.2, 0) is 15.9 Å². The van der Waals surface area contributed by atoms with Crippen molar-refractivity contribution in [2.45, 2.75) is 32.8 Å². The van der Waals surface area contributed by atoms with E-state index in [2.05, 4.69) is 43.3 Å². The zero-order valence-corrected chi connectivity index (χ0v) is 12.6. The normalized spacial score (nSPS) is 20.9. The molecule has 1 saturated heterocycles. The van der Waals surface area contributed by atoms with E-state index in [9.17, 15) is 0 Å². The van der Waals surface area contributed by atoms with Gasteiger partial charge in [0.25, 0.3) is 0 Å². The SMILES string of the molecule is COc1ccc(C)cc1-c1cccc(CC2OC(C)O2)c1. The van der Waals surface area contributed by atoms with Crippen LogP contribution >= 0.6 is 0 Å². The van der Waals surface area contributed by atoms with E-state index in [1.807, 2.05) is 13.0 Å². The molecule has 21 heavy (non-hydrogen) atoms. The summed E-state index contributed by atoms with van der Waals surface area (Å²) < 4.78 is 16.5. The zero-order chi connectivity index (χ0) is 14.8. The number of hydrogen-bond donors (Lipinski definition) is 0. The smallest absolute Gasteiger partial charge is 0.167 e. The number of benzene rings is 2. The van der Waals surface area contributed by atoms with Crippen molar-refractivity contribution in [1.82, 2.24) is 0 Å². The highest BCUT2D eigenvalue weighted by atomic mass is 16.9. The topological polar surface area (TPSA) is 27.7 Å². The molecule has 2 aromatic carbocycles. The van der Waals surface area contributed by atoms with Crippen LogP contribution in [0.2, 0.25) is 0 Å². The molecule has 0 saturated carbocycles. The molecule has 3 heteroatoms. The van der Waals surface area contributed by atoms with E-state index in [-0.39, 0.29) is 12.6 Å². The number of methoxy groups -OCH3 is 1. The lowest BCUT2D eigenvalue weighted by molar-refractivity contribution is -0.374. The van der Waals surface area contributed by atoms with Crippen LogP contribution in [0.4, 0.5) is 0 Å². The molecule has 3 rings (SSSR count). The first-order chi connectivity index (χ1) is 10.2. The summed E-state index contributed by atoms with van der Waals surface area (Å²) in [6.45, 7) is 3.99. The summed E-state index contributed by atoms with van der Waals surface area (Å²) in [5.74, 6) is 0.891. The number of hydrogen-bond acceptors (Lipinski definition) is 3. The van der Waals surface area contributed by atoms with Gasteiger partial charge in [-0.3, -0.25) is 0 Å². The average molecular weight is 284 g/mol. The molecule has 0 spiro atoms. The molecule has 0 amide bonds. The molecule has 0 aromatic heterocycles. The highest BCUT2D eigenvalue weighted by molar-refractivity contribution is 5.71.